The Morgan fingerprint density at radius 3 is 2.67 bits per heavy atom. The molecule has 0 unspecified atom stereocenters. The molecule has 0 aliphatic heterocycles. The van der Waals surface area contributed by atoms with Gasteiger partial charge in [-0.15, -0.1) is 0 Å². The number of carboxylic acid groups (broad SMARTS) is 1. The van der Waals surface area contributed by atoms with Crippen LogP contribution in [0.5, 0.6) is 5.75 Å². The Bertz CT molecular complexity index is 609. The second kappa shape index (κ2) is 4.88. The number of methoxy groups -OCH3 is 1. The minimum Gasteiger partial charge on any atom is -0.497 e. The summed E-state index contributed by atoms with van der Waals surface area (Å²) < 4.78 is 9.91. The van der Waals surface area contributed by atoms with E-state index in [-0.39, 0.29) is 16.5 Å². The normalized spacial score (nSPS) is 10.4. The standard InChI is InChI=1S/C11H7Cl2NO4/c1-17-5-2-3-6(7(12)4-5)10-8(13)9(11(15)16)14-18-10/h2-4H,1H3,(H,15,16). The number of carboxylic acids is 1. The molecule has 1 heterocycles. The fourth-order valence-corrected chi connectivity index (χ4v) is 1.89. The van der Waals surface area contributed by atoms with E-state index >= 15 is 0 Å². The Balaban J connectivity index is 2.52. The summed E-state index contributed by atoms with van der Waals surface area (Å²) in [5.41, 5.74) is 0.0982. The van der Waals surface area contributed by atoms with Gasteiger partial charge < -0.3 is 14.4 Å². The highest BCUT2D eigenvalue weighted by Gasteiger charge is 2.22. The smallest absolute Gasteiger partial charge is 0.359 e. The molecule has 1 N–H and O–H groups in total. The average Bonchev–Trinajstić information content (AvgIpc) is 2.71. The number of aromatic carboxylic acids is 1. The third-order valence-electron chi connectivity index (χ3n) is 2.26. The molecule has 0 saturated heterocycles. The van der Waals surface area contributed by atoms with Gasteiger partial charge in [-0.25, -0.2) is 4.79 Å². The van der Waals surface area contributed by atoms with Crippen LogP contribution in [-0.2, 0) is 0 Å². The quantitative estimate of drug-likeness (QED) is 0.937. The van der Waals surface area contributed by atoms with E-state index in [4.69, 9.17) is 37.6 Å². The molecular weight excluding hydrogens is 281 g/mol. The molecule has 1 aromatic heterocycles. The molecule has 0 aliphatic rings. The molecule has 0 aliphatic carbocycles. The highest BCUT2D eigenvalue weighted by molar-refractivity contribution is 6.37. The fraction of sp³-hybridized carbons (Fsp3) is 0.0909. The van der Waals surface area contributed by atoms with Crippen LogP contribution < -0.4 is 4.74 Å². The first-order valence-corrected chi connectivity index (χ1v) is 5.52. The number of halogens is 2. The summed E-state index contributed by atoms with van der Waals surface area (Å²) in [6.45, 7) is 0. The lowest BCUT2D eigenvalue weighted by atomic mass is 10.1. The molecule has 2 rings (SSSR count). The molecule has 0 atom stereocenters. The predicted octanol–water partition coefficient (Wildman–Crippen LogP) is 3.36. The largest absolute Gasteiger partial charge is 0.497 e. The average molecular weight is 288 g/mol. The van der Waals surface area contributed by atoms with Gasteiger partial charge in [0.25, 0.3) is 0 Å². The molecule has 0 amide bonds. The van der Waals surface area contributed by atoms with Gasteiger partial charge in [0.05, 0.1) is 12.1 Å². The molecule has 7 heteroatoms. The van der Waals surface area contributed by atoms with Gasteiger partial charge in [-0.3, -0.25) is 0 Å². The second-order valence-electron chi connectivity index (χ2n) is 3.33. The zero-order valence-electron chi connectivity index (χ0n) is 9.11. The van der Waals surface area contributed by atoms with Crippen LogP contribution in [0, 0.1) is 0 Å². The predicted molar refractivity (Wildman–Crippen MR) is 65.5 cm³/mol. The zero-order chi connectivity index (χ0) is 13.3. The van der Waals surface area contributed by atoms with E-state index in [1.807, 2.05) is 0 Å². The minimum absolute atomic E-state index is 0.0884. The minimum atomic E-state index is -1.26. The summed E-state index contributed by atoms with van der Waals surface area (Å²) >= 11 is 11.9. The van der Waals surface area contributed by atoms with Gasteiger partial charge in [-0.1, -0.05) is 28.4 Å². The lowest BCUT2D eigenvalue weighted by molar-refractivity contribution is 0.0686. The molecule has 5 nitrogen and oxygen atoms in total. The van der Waals surface area contributed by atoms with Crippen LogP contribution in [-0.4, -0.2) is 23.3 Å². The topological polar surface area (TPSA) is 72.6 Å². The number of aromatic nitrogens is 1. The van der Waals surface area contributed by atoms with E-state index < -0.39 is 5.97 Å². The van der Waals surface area contributed by atoms with Crippen molar-refractivity contribution in [3.63, 3.8) is 0 Å². The van der Waals surface area contributed by atoms with Crippen molar-refractivity contribution in [3.8, 4) is 17.1 Å². The third kappa shape index (κ3) is 2.14. The van der Waals surface area contributed by atoms with Crippen molar-refractivity contribution < 1.29 is 19.2 Å². The summed E-state index contributed by atoms with van der Waals surface area (Å²) in [5, 5.41) is 12.4. The first-order valence-electron chi connectivity index (χ1n) is 4.77. The summed E-state index contributed by atoms with van der Waals surface area (Å²) in [7, 11) is 1.51. The van der Waals surface area contributed by atoms with Crippen LogP contribution in [0.25, 0.3) is 11.3 Å². The van der Waals surface area contributed by atoms with Crippen LogP contribution in [0.4, 0.5) is 0 Å². The van der Waals surface area contributed by atoms with Crippen molar-refractivity contribution in [3.05, 3.63) is 33.9 Å². The molecule has 0 radical (unpaired) electrons. The molecule has 18 heavy (non-hydrogen) atoms. The van der Waals surface area contributed by atoms with Crippen molar-refractivity contribution in [2.45, 2.75) is 0 Å². The maximum Gasteiger partial charge on any atom is 0.359 e. The number of carbonyl (C=O) groups is 1. The molecule has 2 aromatic rings. The SMILES string of the molecule is COc1ccc(-c2onc(C(=O)O)c2Cl)c(Cl)c1. The van der Waals surface area contributed by atoms with Gasteiger partial charge in [0.2, 0.25) is 5.69 Å². The Kier molecular flexibility index (Phi) is 3.45. The summed E-state index contributed by atoms with van der Waals surface area (Å²) in [4.78, 5) is 10.8. The summed E-state index contributed by atoms with van der Waals surface area (Å²) in [6.07, 6.45) is 0. The number of hydrogen-bond donors (Lipinski definition) is 1. The van der Waals surface area contributed by atoms with E-state index in [1.54, 1.807) is 18.2 Å². The lowest BCUT2D eigenvalue weighted by Crippen LogP contribution is -1.96. The van der Waals surface area contributed by atoms with Crippen molar-refractivity contribution >= 4 is 29.2 Å². The van der Waals surface area contributed by atoms with Crippen molar-refractivity contribution in [1.29, 1.82) is 0 Å². The Labute approximate surface area is 112 Å². The summed E-state index contributed by atoms with van der Waals surface area (Å²) in [6, 6.07) is 4.83. The van der Waals surface area contributed by atoms with Crippen molar-refractivity contribution in [2.24, 2.45) is 0 Å². The van der Waals surface area contributed by atoms with Gasteiger partial charge in [-0.05, 0) is 18.2 Å². The number of benzene rings is 1. The molecule has 0 fully saturated rings. The van der Waals surface area contributed by atoms with Gasteiger partial charge in [0.1, 0.15) is 10.8 Å². The highest BCUT2D eigenvalue weighted by atomic mass is 35.5. The molecule has 94 valence electrons. The molecule has 1 aromatic carbocycles. The Hall–Kier alpha value is -1.72. The van der Waals surface area contributed by atoms with Gasteiger partial charge in [-0.2, -0.15) is 0 Å². The van der Waals surface area contributed by atoms with E-state index in [0.717, 1.165) is 0 Å². The first kappa shape index (κ1) is 12.7. The van der Waals surface area contributed by atoms with E-state index in [1.165, 1.54) is 7.11 Å². The van der Waals surface area contributed by atoms with Crippen LogP contribution in [0.2, 0.25) is 10.0 Å². The maximum atomic E-state index is 10.8. The van der Waals surface area contributed by atoms with Crippen LogP contribution in [0.15, 0.2) is 22.7 Å². The highest BCUT2D eigenvalue weighted by Crippen LogP contribution is 2.36. The fourth-order valence-electron chi connectivity index (χ4n) is 1.39. The van der Waals surface area contributed by atoms with Crippen LogP contribution in [0.3, 0.4) is 0 Å². The van der Waals surface area contributed by atoms with E-state index in [9.17, 15) is 4.79 Å². The first-order chi connectivity index (χ1) is 8.54. The Morgan fingerprint density at radius 2 is 2.17 bits per heavy atom. The number of hydrogen-bond acceptors (Lipinski definition) is 4. The maximum absolute atomic E-state index is 10.8. The van der Waals surface area contributed by atoms with Gasteiger partial charge in [0, 0.05) is 5.56 Å². The van der Waals surface area contributed by atoms with Crippen LogP contribution in [0.1, 0.15) is 10.5 Å². The van der Waals surface area contributed by atoms with Gasteiger partial charge >= 0.3 is 5.97 Å². The van der Waals surface area contributed by atoms with Gasteiger partial charge in [0.15, 0.2) is 5.76 Å². The van der Waals surface area contributed by atoms with Crippen molar-refractivity contribution in [1.82, 2.24) is 5.16 Å². The number of nitrogens with zero attached hydrogens (tertiary/aromatic N) is 1. The molecule has 0 bridgehead atoms. The lowest BCUT2D eigenvalue weighted by Gasteiger charge is -2.03. The van der Waals surface area contributed by atoms with E-state index in [2.05, 4.69) is 5.16 Å². The molecule has 0 spiro atoms. The number of rotatable bonds is 3. The monoisotopic (exact) mass is 287 g/mol. The Morgan fingerprint density at radius 1 is 1.44 bits per heavy atom. The molecular formula is C11H7Cl2NO4. The van der Waals surface area contributed by atoms with Crippen LogP contribution >= 0.6 is 23.2 Å². The second-order valence-corrected chi connectivity index (χ2v) is 4.11. The van der Waals surface area contributed by atoms with Crippen molar-refractivity contribution in [2.75, 3.05) is 7.11 Å². The zero-order valence-corrected chi connectivity index (χ0v) is 10.6. The number of ether oxygens (including phenoxy) is 1. The third-order valence-corrected chi connectivity index (χ3v) is 2.92. The van der Waals surface area contributed by atoms with E-state index in [0.29, 0.717) is 16.3 Å². The summed E-state index contributed by atoms with van der Waals surface area (Å²) in [5.74, 6) is -0.584. The molecule has 0 saturated carbocycles.